The fourth-order valence-corrected chi connectivity index (χ4v) is 2.69. The first kappa shape index (κ1) is 22.4. The number of benzene rings is 2. The van der Waals surface area contributed by atoms with Crippen LogP contribution < -0.4 is 14.8 Å². The van der Waals surface area contributed by atoms with Crippen LogP contribution >= 0.6 is 0 Å². The zero-order chi connectivity index (χ0) is 21.6. The molecule has 9 heteroatoms. The Labute approximate surface area is 164 Å². The number of amides is 1. The molecule has 0 heterocycles. The number of alkyl halides is 5. The SMILES string of the molecule is COc1ccc(CNC(=O)CC(C)c2ccc(C(F)(F)F)cc2)cc1OC(F)F. The molecule has 0 saturated heterocycles. The Morgan fingerprint density at radius 1 is 1.07 bits per heavy atom. The molecule has 1 unspecified atom stereocenters. The molecular weight excluding hydrogens is 397 g/mol. The number of hydrogen-bond donors (Lipinski definition) is 1. The summed E-state index contributed by atoms with van der Waals surface area (Å²) in [6.45, 7) is -1.22. The highest BCUT2D eigenvalue weighted by Crippen LogP contribution is 2.31. The van der Waals surface area contributed by atoms with E-state index < -0.39 is 18.4 Å². The summed E-state index contributed by atoms with van der Waals surface area (Å²) >= 11 is 0. The van der Waals surface area contributed by atoms with Crippen LogP contribution in [0.2, 0.25) is 0 Å². The van der Waals surface area contributed by atoms with Gasteiger partial charge in [-0.2, -0.15) is 22.0 Å². The third-order valence-corrected chi connectivity index (χ3v) is 4.23. The molecule has 0 saturated carbocycles. The zero-order valence-electron chi connectivity index (χ0n) is 15.7. The fourth-order valence-electron chi connectivity index (χ4n) is 2.69. The number of hydrogen-bond acceptors (Lipinski definition) is 3. The summed E-state index contributed by atoms with van der Waals surface area (Å²) in [4.78, 5) is 12.1. The lowest BCUT2D eigenvalue weighted by Gasteiger charge is -2.14. The van der Waals surface area contributed by atoms with Gasteiger partial charge < -0.3 is 14.8 Å². The molecule has 0 spiro atoms. The molecular formula is C20H20F5NO3. The fraction of sp³-hybridized carbons (Fsp3) is 0.350. The van der Waals surface area contributed by atoms with Crippen LogP contribution in [0.3, 0.4) is 0 Å². The topological polar surface area (TPSA) is 47.6 Å². The minimum absolute atomic E-state index is 0.0575. The minimum Gasteiger partial charge on any atom is -0.493 e. The van der Waals surface area contributed by atoms with E-state index in [1.54, 1.807) is 13.0 Å². The highest BCUT2D eigenvalue weighted by Gasteiger charge is 2.30. The van der Waals surface area contributed by atoms with Crippen LogP contribution in [0, 0.1) is 0 Å². The Morgan fingerprint density at radius 3 is 2.28 bits per heavy atom. The molecule has 2 aromatic carbocycles. The molecule has 1 atom stereocenters. The second-order valence-electron chi connectivity index (χ2n) is 6.37. The van der Waals surface area contributed by atoms with Crippen molar-refractivity contribution in [2.24, 2.45) is 0 Å². The van der Waals surface area contributed by atoms with Gasteiger partial charge in [0.2, 0.25) is 5.91 Å². The molecule has 0 aliphatic carbocycles. The van der Waals surface area contributed by atoms with Gasteiger partial charge in [-0.25, -0.2) is 0 Å². The summed E-state index contributed by atoms with van der Waals surface area (Å²) in [5.74, 6) is -0.640. The van der Waals surface area contributed by atoms with Crippen molar-refractivity contribution in [1.82, 2.24) is 5.32 Å². The maximum absolute atomic E-state index is 12.6. The normalized spacial score (nSPS) is 12.6. The molecule has 4 nitrogen and oxygen atoms in total. The molecule has 1 amide bonds. The Morgan fingerprint density at radius 2 is 1.72 bits per heavy atom. The van der Waals surface area contributed by atoms with Gasteiger partial charge in [0.1, 0.15) is 0 Å². The van der Waals surface area contributed by atoms with Gasteiger partial charge in [0, 0.05) is 13.0 Å². The predicted octanol–water partition coefficient (Wildman–Crippen LogP) is 5.13. The van der Waals surface area contributed by atoms with Gasteiger partial charge in [0.15, 0.2) is 11.5 Å². The summed E-state index contributed by atoms with van der Waals surface area (Å²) in [7, 11) is 1.32. The second-order valence-corrected chi connectivity index (χ2v) is 6.37. The molecule has 29 heavy (non-hydrogen) atoms. The summed E-state index contributed by atoms with van der Waals surface area (Å²) in [6.07, 6.45) is -4.35. The number of methoxy groups -OCH3 is 1. The van der Waals surface area contributed by atoms with Crippen LogP contribution in [0.1, 0.15) is 36.0 Å². The molecule has 0 bridgehead atoms. The summed E-state index contributed by atoms with van der Waals surface area (Å²) in [5, 5.41) is 2.65. The van der Waals surface area contributed by atoms with Gasteiger partial charge in [0.25, 0.3) is 0 Å². The third kappa shape index (κ3) is 6.62. The number of ether oxygens (including phenoxy) is 2. The van der Waals surface area contributed by atoms with Crippen molar-refractivity contribution in [2.75, 3.05) is 7.11 Å². The first-order chi connectivity index (χ1) is 13.6. The van der Waals surface area contributed by atoms with Crippen LogP contribution in [-0.2, 0) is 17.5 Å². The molecule has 0 fully saturated rings. The van der Waals surface area contributed by atoms with E-state index in [-0.39, 0.29) is 36.3 Å². The number of carbonyl (C=O) groups is 1. The predicted molar refractivity (Wildman–Crippen MR) is 95.9 cm³/mol. The minimum atomic E-state index is -4.41. The molecule has 158 valence electrons. The van der Waals surface area contributed by atoms with Gasteiger partial charge in [-0.15, -0.1) is 0 Å². The number of carbonyl (C=O) groups excluding carboxylic acids is 1. The van der Waals surface area contributed by atoms with Crippen LogP contribution in [0.15, 0.2) is 42.5 Å². The van der Waals surface area contributed by atoms with Crippen molar-refractivity contribution in [3.8, 4) is 11.5 Å². The lowest BCUT2D eigenvalue weighted by molar-refractivity contribution is -0.137. The van der Waals surface area contributed by atoms with E-state index in [2.05, 4.69) is 10.1 Å². The van der Waals surface area contributed by atoms with Crippen LogP contribution in [0.4, 0.5) is 22.0 Å². The molecule has 0 aliphatic heterocycles. The number of nitrogens with one attached hydrogen (secondary N) is 1. The second kappa shape index (κ2) is 9.58. The maximum atomic E-state index is 12.6. The lowest BCUT2D eigenvalue weighted by atomic mass is 9.96. The van der Waals surface area contributed by atoms with E-state index in [4.69, 9.17) is 4.74 Å². The molecule has 0 aromatic heterocycles. The average molecular weight is 417 g/mol. The van der Waals surface area contributed by atoms with E-state index in [1.165, 1.54) is 31.4 Å². The van der Waals surface area contributed by atoms with Crippen molar-refractivity contribution in [3.63, 3.8) is 0 Å². The first-order valence-corrected chi connectivity index (χ1v) is 8.65. The summed E-state index contributed by atoms with van der Waals surface area (Å²) in [5.41, 5.74) is 0.376. The number of halogens is 5. The Balaban J connectivity index is 1.94. The Hall–Kier alpha value is -2.84. The molecule has 0 radical (unpaired) electrons. The van der Waals surface area contributed by atoms with Crippen LogP contribution in [0.25, 0.3) is 0 Å². The monoisotopic (exact) mass is 417 g/mol. The van der Waals surface area contributed by atoms with E-state index in [0.717, 1.165) is 12.1 Å². The van der Waals surface area contributed by atoms with Crippen LogP contribution in [0.5, 0.6) is 11.5 Å². The summed E-state index contributed by atoms with van der Waals surface area (Å²) < 4.78 is 72.1. The number of rotatable bonds is 8. The lowest BCUT2D eigenvalue weighted by Crippen LogP contribution is -2.24. The highest BCUT2D eigenvalue weighted by atomic mass is 19.4. The quantitative estimate of drug-likeness (QED) is 0.606. The molecule has 0 aliphatic rings. The van der Waals surface area contributed by atoms with Crippen molar-refractivity contribution >= 4 is 5.91 Å². The van der Waals surface area contributed by atoms with E-state index >= 15 is 0 Å². The maximum Gasteiger partial charge on any atom is 0.416 e. The Bertz CT molecular complexity index is 822. The Kier molecular flexibility index (Phi) is 7.41. The van der Waals surface area contributed by atoms with Gasteiger partial charge >= 0.3 is 12.8 Å². The molecule has 1 N–H and O–H groups in total. The van der Waals surface area contributed by atoms with Crippen LogP contribution in [-0.4, -0.2) is 19.6 Å². The van der Waals surface area contributed by atoms with Gasteiger partial charge in [-0.1, -0.05) is 25.1 Å². The van der Waals surface area contributed by atoms with Gasteiger partial charge in [-0.3, -0.25) is 4.79 Å². The smallest absolute Gasteiger partial charge is 0.416 e. The molecule has 2 aromatic rings. The largest absolute Gasteiger partial charge is 0.493 e. The van der Waals surface area contributed by atoms with Crippen molar-refractivity contribution < 1.29 is 36.2 Å². The highest BCUT2D eigenvalue weighted by molar-refractivity contribution is 5.76. The average Bonchev–Trinajstić information content (AvgIpc) is 2.65. The van der Waals surface area contributed by atoms with Crippen molar-refractivity contribution in [3.05, 3.63) is 59.2 Å². The summed E-state index contributed by atoms with van der Waals surface area (Å²) in [6, 6.07) is 9.03. The van der Waals surface area contributed by atoms with E-state index in [0.29, 0.717) is 11.1 Å². The van der Waals surface area contributed by atoms with Gasteiger partial charge in [0.05, 0.1) is 12.7 Å². The standard InChI is InChI=1S/C20H20F5NO3/c1-12(14-4-6-15(7-5-14)20(23,24)25)9-18(27)26-11-13-3-8-16(28-2)17(10-13)29-19(21)22/h3-8,10,12,19H,9,11H2,1-2H3,(H,26,27). The van der Waals surface area contributed by atoms with Gasteiger partial charge in [-0.05, 0) is 41.3 Å². The van der Waals surface area contributed by atoms with Crippen molar-refractivity contribution in [2.45, 2.75) is 38.6 Å². The van der Waals surface area contributed by atoms with E-state index in [9.17, 15) is 26.7 Å². The third-order valence-electron chi connectivity index (χ3n) is 4.23. The zero-order valence-corrected chi connectivity index (χ0v) is 15.7. The van der Waals surface area contributed by atoms with Crippen molar-refractivity contribution in [1.29, 1.82) is 0 Å². The first-order valence-electron chi connectivity index (χ1n) is 8.65. The van der Waals surface area contributed by atoms with E-state index in [1.807, 2.05) is 0 Å². The molecule has 2 rings (SSSR count).